The van der Waals surface area contributed by atoms with Crippen LogP contribution in [0.25, 0.3) is 0 Å². The lowest BCUT2D eigenvalue weighted by atomic mass is 9.99. The lowest BCUT2D eigenvalue weighted by Crippen LogP contribution is -2.46. The second-order valence-corrected chi connectivity index (χ2v) is 5.79. The molecule has 0 aromatic carbocycles. The van der Waals surface area contributed by atoms with E-state index in [0.29, 0.717) is 19.1 Å². The Morgan fingerprint density at radius 1 is 1.42 bits per heavy atom. The topological polar surface area (TPSA) is 50.8 Å². The predicted molar refractivity (Wildman–Crippen MR) is 74.8 cm³/mol. The van der Waals surface area contributed by atoms with E-state index >= 15 is 0 Å². The zero-order valence-electron chi connectivity index (χ0n) is 13.0. The van der Waals surface area contributed by atoms with Gasteiger partial charge in [-0.25, -0.2) is 0 Å². The van der Waals surface area contributed by atoms with Crippen LogP contribution in [0.15, 0.2) is 0 Å². The Balaban J connectivity index is 2.85. The standard InChI is InChI=1S/C14H28N2O3/c1-7-14(4)13(17)16(12(15-14)10(2)3)8-11(19-6)9-18-5/h10-12,15H,7-9H2,1-6H3. The lowest BCUT2D eigenvalue weighted by Gasteiger charge is -2.30. The number of ether oxygens (including phenoxy) is 2. The van der Waals surface area contributed by atoms with E-state index < -0.39 is 5.54 Å². The summed E-state index contributed by atoms with van der Waals surface area (Å²) in [6.45, 7) is 9.31. The normalized spacial score (nSPS) is 29.3. The zero-order chi connectivity index (χ0) is 14.6. The minimum atomic E-state index is -0.458. The Bertz CT molecular complexity index is 309. The molecule has 0 aromatic rings. The maximum atomic E-state index is 12.6. The molecule has 1 aliphatic rings. The molecule has 112 valence electrons. The molecule has 5 heteroatoms. The van der Waals surface area contributed by atoms with Gasteiger partial charge in [0.05, 0.1) is 31.0 Å². The lowest BCUT2D eigenvalue weighted by molar-refractivity contribution is -0.135. The molecule has 0 spiro atoms. The largest absolute Gasteiger partial charge is 0.382 e. The summed E-state index contributed by atoms with van der Waals surface area (Å²) in [5, 5.41) is 3.47. The van der Waals surface area contributed by atoms with Crippen molar-refractivity contribution < 1.29 is 14.3 Å². The predicted octanol–water partition coefficient (Wildman–Crippen LogP) is 1.23. The molecule has 1 heterocycles. The van der Waals surface area contributed by atoms with Gasteiger partial charge in [-0.05, 0) is 19.3 Å². The van der Waals surface area contributed by atoms with Crippen LogP contribution < -0.4 is 5.32 Å². The first kappa shape index (κ1) is 16.4. The molecule has 1 N–H and O–H groups in total. The minimum Gasteiger partial charge on any atom is -0.382 e. The fourth-order valence-electron chi connectivity index (χ4n) is 2.49. The number of rotatable bonds is 7. The highest BCUT2D eigenvalue weighted by Crippen LogP contribution is 2.27. The molecule has 3 atom stereocenters. The van der Waals surface area contributed by atoms with E-state index in [4.69, 9.17) is 9.47 Å². The number of nitrogens with one attached hydrogen (secondary N) is 1. The Morgan fingerprint density at radius 2 is 2.05 bits per heavy atom. The van der Waals surface area contributed by atoms with Gasteiger partial charge in [-0.15, -0.1) is 0 Å². The summed E-state index contributed by atoms with van der Waals surface area (Å²) in [5.74, 6) is 0.518. The summed E-state index contributed by atoms with van der Waals surface area (Å²) in [7, 11) is 3.30. The van der Waals surface area contributed by atoms with Crippen LogP contribution >= 0.6 is 0 Å². The molecular formula is C14H28N2O3. The van der Waals surface area contributed by atoms with Gasteiger partial charge in [0, 0.05) is 14.2 Å². The highest BCUT2D eigenvalue weighted by molar-refractivity contribution is 5.88. The maximum absolute atomic E-state index is 12.6. The maximum Gasteiger partial charge on any atom is 0.243 e. The van der Waals surface area contributed by atoms with Crippen molar-refractivity contribution in [2.24, 2.45) is 5.92 Å². The third kappa shape index (κ3) is 3.46. The van der Waals surface area contributed by atoms with E-state index in [0.717, 1.165) is 6.42 Å². The monoisotopic (exact) mass is 272 g/mol. The molecule has 19 heavy (non-hydrogen) atoms. The average molecular weight is 272 g/mol. The molecule has 5 nitrogen and oxygen atoms in total. The van der Waals surface area contributed by atoms with Gasteiger partial charge in [-0.2, -0.15) is 0 Å². The number of hydrogen-bond donors (Lipinski definition) is 1. The van der Waals surface area contributed by atoms with Crippen molar-refractivity contribution >= 4 is 5.91 Å². The summed E-state index contributed by atoms with van der Waals surface area (Å²) in [5.41, 5.74) is -0.458. The second-order valence-electron chi connectivity index (χ2n) is 5.79. The van der Waals surface area contributed by atoms with Gasteiger partial charge in [0.15, 0.2) is 0 Å². The Kier molecular flexibility index (Phi) is 5.77. The first-order chi connectivity index (χ1) is 8.89. The number of hydrogen-bond acceptors (Lipinski definition) is 4. The third-order valence-electron chi connectivity index (χ3n) is 3.96. The van der Waals surface area contributed by atoms with Gasteiger partial charge < -0.3 is 14.4 Å². The van der Waals surface area contributed by atoms with Crippen LogP contribution in [0.2, 0.25) is 0 Å². The van der Waals surface area contributed by atoms with Crippen LogP contribution in [-0.2, 0) is 14.3 Å². The van der Waals surface area contributed by atoms with Crippen LogP contribution in [0.3, 0.4) is 0 Å². The highest BCUT2D eigenvalue weighted by atomic mass is 16.5. The minimum absolute atomic E-state index is 0.0620. The highest BCUT2D eigenvalue weighted by Gasteiger charge is 2.47. The van der Waals surface area contributed by atoms with Crippen molar-refractivity contribution in [1.82, 2.24) is 10.2 Å². The molecule has 1 fully saturated rings. The number of amides is 1. The Labute approximate surface area is 116 Å². The number of carbonyl (C=O) groups excluding carboxylic acids is 1. The van der Waals surface area contributed by atoms with Crippen molar-refractivity contribution in [3.05, 3.63) is 0 Å². The second kappa shape index (κ2) is 6.68. The van der Waals surface area contributed by atoms with Crippen LogP contribution in [0.4, 0.5) is 0 Å². The van der Waals surface area contributed by atoms with Crippen LogP contribution in [0, 0.1) is 5.92 Å². The van der Waals surface area contributed by atoms with Crippen molar-refractivity contribution in [3.63, 3.8) is 0 Å². The smallest absolute Gasteiger partial charge is 0.243 e. The van der Waals surface area contributed by atoms with Crippen molar-refractivity contribution in [1.29, 1.82) is 0 Å². The van der Waals surface area contributed by atoms with Crippen molar-refractivity contribution in [2.75, 3.05) is 27.4 Å². The summed E-state index contributed by atoms with van der Waals surface area (Å²) < 4.78 is 10.5. The van der Waals surface area contributed by atoms with Gasteiger partial charge in [0.1, 0.15) is 0 Å². The fourth-order valence-corrected chi connectivity index (χ4v) is 2.49. The Hall–Kier alpha value is -0.650. The van der Waals surface area contributed by atoms with E-state index in [1.807, 2.05) is 18.7 Å². The molecule has 0 aliphatic carbocycles. The zero-order valence-corrected chi connectivity index (χ0v) is 13.0. The summed E-state index contributed by atoms with van der Waals surface area (Å²) in [6.07, 6.45) is 0.760. The van der Waals surface area contributed by atoms with E-state index in [1.165, 1.54) is 0 Å². The van der Waals surface area contributed by atoms with Crippen molar-refractivity contribution in [2.45, 2.75) is 51.9 Å². The van der Waals surface area contributed by atoms with E-state index in [1.54, 1.807) is 14.2 Å². The van der Waals surface area contributed by atoms with Gasteiger partial charge >= 0.3 is 0 Å². The van der Waals surface area contributed by atoms with Gasteiger partial charge in [-0.3, -0.25) is 10.1 Å². The summed E-state index contributed by atoms with van der Waals surface area (Å²) >= 11 is 0. The quantitative estimate of drug-likeness (QED) is 0.757. The molecule has 1 amide bonds. The SMILES string of the molecule is CCC1(C)NC(C(C)C)N(CC(COC)OC)C1=O. The molecule has 0 bridgehead atoms. The Morgan fingerprint density at radius 3 is 2.47 bits per heavy atom. The van der Waals surface area contributed by atoms with Gasteiger partial charge in [0.25, 0.3) is 0 Å². The van der Waals surface area contributed by atoms with Gasteiger partial charge in [-0.1, -0.05) is 20.8 Å². The molecule has 3 unspecified atom stereocenters. The summed E-state index contributed by atoms with van der Waals surface area (Å²) in [6, 6.07) is 0. The van der Waals surface area contributed by atoms with E-state index in [-0.39, 0.29) is 18.2 Å². The van der Waals surface area contributed by atoms with Crippen LogP contribution in [0.5, 0.6) is 0 Å². The first-order valence-corrected chi connectivity index (χ1v) is 7.00. The first-order valence-electron chi connectivity index (χ1n) is 7.00. The van der Waals surface area contributed by atoms with Crippen molar-refractivity contribution in [3.8, 4) is 0 Å². The molecule has 0 radical (unpaired) electrons. The molecule has 1 aliphatic heterocycles. The fraction of sp³-hybridized carbons (Fsp3) is 0.929. The molecule has 1 rings (SSSR count). The molecular weight excluding hydrogens is 244 g/mol. The van der Waals surface area contributed by atoms with E-state index in [9.17, 15) is 4.79 Å². The number of methoxy groups -OCH3 is 2. The van der Waals surface area contributed by atoms with E-state index in [2.05, 4.69) is 19.2 Å². The average Bonchev–Trinajstić information content (AvgIpc) is 2.64. The van der Waals surface area contributed by atoms with Crippen LogP contribution in [-0.4, -0.2) is 56.0 Å². The van der Waals surface area contributed by atoms with Crippen LogP contribution in [0.1, 0.15) is 34.1 Å². The molecule has 0 saturated carbocycles. The summed E-state index contributed by atoms with van der Waals surface area (Å²) in [4.78, 5) is 14.5. The number of nitrogens with zero attached hydrogens (tertiary/aromatic N) is 1. The number of carbonyl (C=O) groups is 1. The molecule has 0 aromatic heterocycles. The third-order valence-corrected chi connectivity index (χ3v) is 3.96. The van der Waals surface area contributed by atoms with Gasteiger partial charge in [0.2, 0.25) is 5.91 Å². The molecule has 1 saturated heterocycles.